The predicted molar refractivity (Wildman–Crippen MR) is 91.1 cm³/mol. The Kier molecular flexibility index (Phi) is 5.00. The first-order chi connectivity index (χ1) is 12.1. The third-order valence-corrected chi connectivity index (χ3v) is 6.59. The largest absolute Gasteiger partial charge is 0.350 e. The van der Waals surface area contributed by atoms with E-state index in [1.54, 1.807) is 0 Å². The van der Waals surface area contributed by atoms with E-state index in [1.807, 2.05) is 0 Å². The molecule has 1 aliphatic heterocycles. The third kappa shape index (κ3) is 4.17. The van der Waals surface area contributed by atoms with Gasteiger partial charge in [-0.1, -0.05) is 0 Å². The van der Waals surface area contributed by atoms with Gasteiger partial charge in [0, 0.05) is 19.4 Å². The number of carbonyl (C=O) groups excluding carboxylic acids is 2. The SMILES string of the molecule is O=C(CC12CC3CC(CC(C3)C1)C2)NCC(=O)NOC1CCCCO1. The van der Waals surface area contributed by atoms with E-state index in [2.05, 4.69) is 10.8 Å². The van der Waals surface area contributed by atoms with Crippen LogP contribution in [0, 0.1) is 23.2 Å². The van der Waals surface area contributed by atoms with Crippen LogP contribution in [0.4, 0.5) is 0 Å². The van der Waals surface area contributed by atoms with Gasteiger partial charge in [0.1, 0.15) is 0 Å². The monoisotopic (exact) mass is 350 g/mol. The summed E-state index contributed by atoms with van der Waals surface area (Å²) in [4.78, 5) is 29.5. The van der Waals surface area contributed by atoms with Crippen molar-refractivity contribution in [1.82, 2.24) is 10.8 Å². The molecule has 4 saturated carbocycles. The van der Waals surface area contributed by atoms with Gasteiger partial charge >= 0.3 is 0 Å². The van der Waals surface area contributed by atoms with Crippen LogP contribution in [0.2, 0.25) is 0 Å². The normalized spacial score (nSPS) is 39.2. The number of rotatable bonds is 6. The number of nitrogens with one attached hydrogen (secondary N) is 2. The minimum Gasteiger partial charge on any atom is -0.350 e. The lowest BCUT2D eigenvalue weighted by Crippen LogP contribution is -2.48. The van der Waals surface area contributed by atoms with Crippen LogP contribution in [0.5, 0.6) is 0 Å². The molecule has 1 unspecified atom stereocenters. The highest BCUT2D eigenvalue weighted by Crippen LogP contribution is 2.61. The minimum atomic E-state index is -0.361. The van der Waals surface area contributed by atoms with Crippen LogP contribution in [0.15, 0.2) is 0 Å². The number of hydrogen-bond donors (Lipinski definition) is 2. The summed E-state index contributed by atoms with van der Waals surface area (Å²) in [6.45, 7) is 0.639. The van der Waals surface area contributed by atoms with Gasteiger partial charge in [-0.15, -0.1) is 0 Å². The van der Waals surface area contributed by atoms with Gasteiger partial charge in [0.05, 0.1) is 6.54 Å². The van der Waals surface area contributed by atoms with E-state index < -0.39 is 0 Å². The van der Waals surface area contributed by atoms with E-state index in [9.17, 15) is 9.59 Å². The van der Waals surface area contributed by atoms with E-state index in [4.69, 9.17) is 9.57 Å². The van der Waals surface area contributed by atoms with Crippen molar-refractivity contribution in [1.29, 1.82) is 0 Å². The summed E-state index contributed by atoms with van der Waals surface area (Å²) in [5, 5.41) is 2.77. The van der Waals surface area contributed by atoms with E-state index in [-0.39, 0.29) is 30.1 Å². The van der Waals surface area contributed by atoms with Crippen molar-refractivity contribution in [3.8, 4) is 0 Å². The maximum atomic E-state index is 12.4. The summed E-state index contributed by atoms with van der Waals surface area (Å²) >= 11 is 0. The summed E-state index contributed by atoms with van der Waals surface area (Å²) in [7, 11) is 0. The van der Waals surface area contributed by atoms with Crippen LogP contribution in [-0.2, 0) is 19.2 Å². The van der Waals surface area contributed by atoms with Crippen molar-refractivity contribution >= 4 is 11.8 Å². The molecule has 25 heavy (non-hydrogen) atoms. The van der Waals surface area contributed by atoms with Gasteiger partial charge in [0.2, 0.25) is 5.91 Å². The van der Waals surface area contributed by atoms with Crippen LogP contribution >= 0.6 is 0 Å². The Morgan fingerprint density at radius 2 is 1.68 bits per heavy atom. The molecule has 6 heteroatoms. The molecule has 0 aromatic heterocycles. The van der Waals surface area contributed by atoms with E-state index in [0.29, 0.717) is 13.0 Å². The fourth-order valence-corrected chi connectivity index (χ4v) is 6.06. The zero-order valence-electron chi connectivity index (χ0n) is 14.9. The van der Waals surface area contributed by atoms with Crippen LogP contribution < -0.4 is 10.8 Å². The number of ether oxygens (including phenoxy) is 1. The quantitative estimate of drug-likeness (QED) is 0.721. The Morgan fingerprint density at radius 1 is 1.00 bits per heavy atom. The zero-order chi connectivity index (χ0) is 17.3. The van der Waals surface area contributed by atoms with Gasteiger partial charge in [-0.05, 0) is 74.5 Å². The lowest BCUT2D eigenvalue weighted by Gasteiger charge is -2.56. The average molecular weight is 350 g/mol. The maximum absolute atomic E-state index is 12.4. The van der Waals surface area contributed by atoms with E-state index >= 15 is 0 Å². The Hall–Kier alpha value is -1.14. The predicted octanol–water partition coefficient (Wildman–Crippen LogP) is 2.28. The molecule has 1 atom stereocenters. The Balaban J connectivity index is 1.18. The molecule has 0 radical (unpaired) electrons. The summed E-state index contributed by atoms with van der Waals surface area (Å²) in [5.41, 5.74) is 2.60. The highest BCUT2D eigenvalue weighted by Gasteiger charge is 2.51. The maximum Gasteiger partial charge on any atom is 0.263 e. The Labute approximate surface area is 149 Å². The molecule has 4 aliphatic carbocycles. The van der Waals surface area contributed by atoms with Crippen LogP contribution in [0.3, 0.4) is 0 Å². The molecule has 6 nitrogen and oxygen atoms in total. The van der Waals surface area contributed by atoms with Crippen molar-refractivity contribution in [2.45, 2.75) is 70.5 Å². The third-order valence-electron chi connectivity index (χ3n) is 6.59. The molecule has 0 spiro atoms. The van der Waals surface area contributed by atoms with Crippen molar-refractivity contribution in [3.05, 3.63) is 0 Å². The topological polar surface area (TPSA) is 76.7 Å². The van der Waals surface area contributed by atoms with Gasteiger partial charge in [0.15, 0.2) is 6.29 Å². The molecule has 140 valence electrons. The minimum absolute atomic E-state index is 0.00557. The lowest BCUT2D eigenvalue weighted by molar-refractivity contribution is -0.200. The van der Waals surface area contributed by atoms with Gasteiger partial charge in [-0.25, -0.2) is 10.3 Å². The lowest BCUT2D eigenvalue weighted by atomic mass is 9.49. The number of carbonyl (C=O) groups is 2. The van der Waals surface area contributed by atoms with Crippen LogP contribution in [-0.4, -0.2) is 31.3 Å². The second-order valence-electron chi connectivity index (χ2n) is 8.81. The standard InChI is InChI=1S/C19H30N2O4/c22-16(20-12-17(23)21-25-18-3-1-2-4-24-18)11-19-8-13-5-14(9-19)7-15(6-13)10-19/h13-15,18H,1-12H2,(H,20,22)(H,21,23). The molecular weight excluding hydrogens is 320 g/mol. The Bertz CT molecular complexity index is 480. The van der Waals surface area contributed by atoms with Crippen LogP contribution in [0.1, 0.15) is 64.2 Å². The second-order valence-corrected chi connectivity index (χ2v) is 8.81. The molecule has 2 amide bonds. The van der Waals surface area contributed by atoms with Crippen molar-refractivity contribution < 1.29 is 19.2 Å². The zero-order valence-corrected chi connectivity index (χ0v) is 14.9. The highest BCUT2D eigenvalue weighted by atomic mass is 16.8. The summed E-state index contributed by atoms with van der Waals surface area (Å²) < 4.78 is 5.39. The summed E-state index contributed by atoms with van der Waals surface area (Å²) in [6, 6.07) is 0. The molecule has 0 aromatic carbocycles. The van der Waals surface area contributed by atoms with Gasteiger partial charge < -0.3 is 10.1 Å². The first-order valence-corrected chi connectivity index (χ1v) is 9.93. The molecule has 4 bridgehead atoms. The molecule has 5 aliphatic rings. The first-order valence-electron chi connectivity index (χ1n) is 9.93. The summed E-state index contributed by atoms with van der Waals surface area (Å²) in [5.74, 6) is 2.20. The van der Waals surface area contributed by atoms with E-state index in [1.165, 1.54) is 38.5 Å². The molecule has 2 N–H and O–H groups in total. The smallest absolute Gasteiger partial charge is 0.263 e. The number of hydroxylamine groups is 1. The van der Waals surface area contributed by atoms with E-state index in [0.717, 1.165) is 37.0 Å². The number of amides is 2. The molecule has 5 fully saturated rings. The molecule has 0 aromatic rings. The van der Waals surface area contributed by atoms with Gasteiger partial charge in [-0.2, -0.15) is 0 Å². The number of hydrogen-bond acceptors (Lipinski definition) is 4. The molecule has 1 saturated heterocycles. The van der Waals surface area contributed by atoms with Gasteiger partial charge in [0.25, 0.3) is 5.91 Å². The van der Waals surface area contributed by atoms with Gasteiger partial charge in [-0.3, -0.25) is 9.59 Å². The first kappa shape index (κ1) is 17.3. The average Bonchev–Trinajstić information content (AvgIpc) is 2.57. The van der Waals surface area contributed by atoms with Crippen molar-refractivity contribution in [3.63, 3.8) is 0 Å². The fraction of sp³-hybridized carbons (Fsp3) is 0.895. The van der Waals surface area contributed by atoms with Crippen LogP contribution in [0.25, 0.3) is 0 Å². The Morgan fingerprint density at radius 3 is 2.28 bits per heavy atom. The van der Waals surface area contributed by atoms with Crippen molar-refractivity contribution in [2.24, 2.45) is 23.2 Å². The molecule has 1 heterocycles. The molecular formula is C19H30N2O4. The van der Waals surface area contributed by atoms with Crippen molar-refractivity contribution in [2.75, 3.05) is 13.2 Å². The highest BCUT2D eigenvalue weighted by molar-refractivity contribution is 5.84. The second kappa shape index (κ2) is 7.23. The summed E-state index contributed by atoms with van der Waals surface area (Å²) in [6.07, 6.45) is 10.9. The molecule has 5 rings (SSSR count). The fourth-order valence-electron chi connectivity index (χ4n) is 6.06.